The van der Waals surface area contributed by atoms with Gasteiger partial charge in [0.05, 0.1) is 0 Å². The largest absolute Gasteiger partial charge is 0.356 e. The van der Waals surface area contributed by atoms with Crippen molar-refractivity contribution in [2.24, 2.45) is 0 Å². The Morgan fingerprint density at radius 3 is 3.27 bits per heavy atom. The summed E-state index contributed by atoms with van der Waals surface area (Å²) in [5.74, 6) is 0.910. The standard InChI is InChI=1S/C8H13N3/c1-3-6-11-7-5-10-8(11)9-4-2/h3,5,7H,1,4,6H2,2H3,(H,9,10). The van der Waals surface area contributed by atoms with Crippen LogP contribution in [0.2, 0.25) is 0 Å². The van der Waals surface area contributed by atoms with Crippen molar-refractivity contribution < 1.29 is 0 Å². The first-order chi connectivity index (χ1) is 5.38. The first-order valence-corrected chi connectivity index (χ1v) is 3.74. The summed E-state index contributed by atoms with van der Waals surface area (Å²) < 4.78 is 2.01. The lowest BCUT2D eigenvalue weighted by atomic mass is 10.6. The summed E-state index contributed by atoms with van der Waals surface area (Å²) in [5, 5.41) is 3.14. The van der Waals surface area contributed by atoms with E-state index in [0.29, 0.717) is 0 Å². The van der Waals surface area contributed by atoms with E-state index in [9.17, 15) is 0 Å². The van der Waals surface area contributed by atoms with Crippen molar-refractivity contribution in [1.82, 2.24) is 9.55 Å². The first kappa shape index (κ1) is 7.85. The van der Waals surface area contributed by atoms with Crippen LogP contribution in [-0.2, 0) is 6.54 Å². The first-order valence-electron chi connectivity index (χ1n) is 3.74. The summed E-state index contributed by atoms with van der Waals surface area (Å²) in [5.41, 5.74) is 0. The maximum atomic E-state index is 4.13. The van der Waals surface area contributed by atoms with Gasteiger partial charge in [0.25, 0.3) is 0 Å². The average molecular weight is 151 g/mol. The van der Waals surface area contributed by atoms with Gasteiger partial charge in [-0.25, -0.2) is 4.98 Å². The second-order valence-corrected chi connectivity index (χ2v) is 2.22. The van der Waals surface area contributed by atoms with E-state index in [0.717, 1.165) is 19.0 Å². The molecule has 1 rings (SSSR count). The Hall–Kier alpha value is -1.25. The van der Waals surface area contributed by atoms with Gasteiger partial charge in [-0.2, -0.15) is 0 Å². The Kier molecular flexibility index (Phi) is 2.72. The van der Waals surface area contributed by atoms with E-state index in [-0.39, 0.29) is 0 Å². The molecule has 0 fully saturated rings. The molecule has 0 aliphatic carbocycles. The SMILES string of the molecule is C=CCn1ccnc1NCC. The zero-order valence-corrected chi connectivity index (χ0v) is 6.75. The molecule has 0 radical (unpaired) electrons. The number of nitrogens with one attached hydrogen (secondary N) is 1. The summed E-state index contributed by atoms with van der Waals surface area (Å²) in [7, 11) is 0. The van der Waals surface area contributed by atoms with Crippen LogP contribution in [0.1, 0.15) is 6.92 Å². The second kappa shape index (κ2) is 3.81. The van der Waals surface area contributed by atoms with Gasteiger partial charge in [0.2, 0.25) is 5.95 Å². The highest BCUT2D eigenvalue weighted by atomic mass is 15.2. The summed E-state index contributed by atoms with van der Waals surface area (Å²) in [6, 6.07) is 0. The highest BCUT2D eigenvalue weighted by molar-refractivity contribution is 5.25. The van der Waals surface area contributed by atoms with E-state index in [2.05, 4.69) is 16.9 Å². The molecular formula is C8H13N3. The fourth-order valence-corrected chi connectivity index (χ4v) is 0.921. The zero-order valence-electron chi connectivity index (χ0n) is 6.75. The van der Waals surface area contributed by atoms with E-state index in [1.165, 1.54) is 0 Å². The van der Waals surface area contributed by atoms with Crippen LogP contribution >= 0.6 is 0 Å². The molecule has 60 valence electrons. The number of aromatic nitrogens is 2. The number of nitrogens with zero attached hydrogens (tertiary/aromatic N) is 2. The molecule has 0 unspecified atom stereocenters. The molecular weight excluding hydrogens is 138 g/mol. The Labute approximate surface area is 66.8 Å². The quantitative estimate of drug-likeness (QED) is 0.661. The number of hydrogen-bond acceptors (Lipinski definition) is 2. The van der Waals surface area contributed by atoms with Crippen LogP contribution in [0.5, 0.6) is 0 Å². The molecule has 0 bridgehead atoms. The van der Waals surface area contributed by atoms with Crippen LogP contribution < -0.4 is 5.32 Å². The van der Waals surface area contributed by atoms with Crippen LogP contribution in [-0.4, -0.2) is 16.1 Å². The lowest BCUT2D eigenvalue weighted by Gasteiger charge is -2.04. The Morgan fingerprint density at radius 1 is 1.82 bits per heavy atom. The van der Waals surface area contributed by atoms with Gasteiger partial charge in [-0.3, -0.25) is 0 Å². The predicted molar refractivity (Wildman–Crippen MR) is 46.6 cm³/mol. The normalized spacial score (nSPS) is 9.55. The van der Waals surface area contributed by atoms with Gasteiger partial charge >= 0.3 is 0 Å². The van der Waals surface area contributed by atoms with E-state index in [1.807, 2.05) is 23.8 Å². The van der Waals surface area contributed by atoms with Gasteiger partial charge in [-0.15, -0.1) is 6.58 Å². The zero-order chi connectivity index (χ0) is 8.10. The molecule has 11 heavy (non-hydrogen) atoms. The van der Waals surface area contributed by atoms with E-state index in [4.69, 9.17) is 0 Å². The molecule has 0 aromatic carbocycles. The van der Waals surface area contributed by atoms with Crippen molar-refractivity contribution >= 4 is 5.95 Å². The number of anilines is 1. The fourth-order valence-electron chi connectivity index (χ4n) is 0.921. The third-order valence-corrected chi connectivity index (χ3v) is 1.38. The van der Waals surface area contributed by atoms with Gasteiger partial charge in [-0.05, 0) is 6.92 Å². The van der Waals surface area contributed by atoms with E-state index >= 15 is 0 Å². The molecule has 0 amide bonds. The minimum Gasteiger partial charge on any atom is -0.356 e. The van der Waals surface area contributed by atoms with Gasteiger partial charge in [0, 0.05) is 25.5 Å². The molecule has 1 aromatic rings. The molecule has 1 aromatic heterocycles. The number of hydrogen-bond donors (Lipinski definition) is 1. The van der Waals surface area contributed by atoms with Crippen molar-refractivity contribution in [3.63, 3.8) is 0 Å². The number of imidazole rings is 1. The minimum atomic E-state index is 0.808. The Bertz CT molecular complexity index is 227. The molecule has 1 N–H and O–H groups in total. The lowest BCUT2D eigenvalue weighted by molar-refractivity contribution is 0.823. The van der Waals surface area contributed by atoms with Crippen molar-refractivity contribution in [3.05, 3.63) is 25.0 Å². The second-order valence-electron chi connectivity index (χ2n) is 2.22. The van der Waals surface area contributed by atoms with Gasteiger partial charge < -0.3 is 9.88 Å². The van der Waals surface area contributed by atoms with Crippen molar-refractivity contribution in [1.29, 1.82) is 0 Å². The van der Waals surface area contributed by atoms with Crippen LogP contribution in [0, 0.1) is 0 Å². The van der Waals surface area contributed by atoms with Crippen LogP contribution in [0.4, 0.5) is 5.95 Å². The maximum Gasteiger partial charge on any atom is 0.203 e. The Balaban J connectivity index is 2.69. The molecule has 0 atom stereocenters. The molecule has 0 saturated carbocycles. The summed E-state index contributed by atoms with van der Waals surface area (Å²) >= 11 is 0. The van der Waals surface area contributed by atoms with Crippen molar-refractivity contribution in [2.75, 3.05) is 11.9 Å². The van der Waals surface area contributed by atoms with Crippen LogP contribution in [0.15, 0.2) is 25.0 Å². The smallest absolute Gasteiger partial charge is 0.203 e. The molecule has 3 heteroatoms. The van der Waals surface area contributed by atoms with E-state index < -0.39 is 0 Å². The molecule has 1 heterocycles. The van der Waals surface area contributed by atoms with Gasteiger partial charge in [0.1, 0.15) is 0 Å². The summed E-state index contributed by atoms with van der Waals surface area (Å²) in [6.45, 7) is 7.41. The monoisotopic (exact) mass is 151 g/mol. The molecule has 0 saturated heterocycles. The maximum absolute atomic E-state index is 4.13. The Morgan fingerprint density at radius 2 is 2.64 bits per heavy atom. The highest BCUT2D eigenvalue weighted by Gasteiger charge is 1.96. The highest BCUT2D eigenvalue weighted by Crippen LogP contribution is 2.02. The number of allylic oxidation sites excluding steroid dienone is 1. The predicted octanol–water partition coefficient (Wildman–Crippen LogP) is 1.50. The third-order valence-electron chi connectivity index (χ3n) is 1.38. The lowest BCUT2D eigenvalue weighted by Crippen LogP contribution is -2.05. The minimum absolute atomic E-state index is 0.808. The van der Waals surface area contributed by atoms with E-state index in [1.54, 1.807) is 6.20 Å². The van der Waals surface area contributed by atoms with Crippen LogP contribution in [0.3, 0.4) is 0 Å². The van der Waals surface area contributed by atoms with Crippen molar-refractivity contribution in [3.8, 4) is 0 Å². The summed E-state index contributed by atoms with van der Waals surface area (Å²) in [6.07, 6.45) is 5.56. The summed E-state index contributed by atoms with van der Waals surface area (Å²) in [4.78, 5) is 4.13. The van der Waals surface area contributed by atoms with Crippen LogP contribution in [0.25, 0.3) is 0 Å². The number of rotatable bonds is 4. The molecule has 3 nitrogen and oxygen atoms in total. The van der Waals surface area contributed by atoms with Gasteiger partial charge in [-0.1, -0.05) is 6.08 Å². The molecule has 0 spiro atoms. The topological polar surface area (TPSA) is 29.9 Å². The molecule has 0 aliphatic heterocycles. The van der Waals surface area contributed by atoms with Gasteiger partial charge in [0.15, 0.2) is 0 Å². The third kappa shape index (κ3) is 1.83. The molecule has 0 aliphatic rings. The average Bonchev–Trinajstić information content (AvgIpc) is 2.39. The fraction of sp³-hybridized carbons (Fsp3) is 0.375. The van der Waals surface area contributed by atoms with Crippen molar-refractivity contribution in [2.45, 2.75) is 13.5 Å².